The van der Waals surface area contributed by atoms with Crippen LogP contribution in [0.1, 0.15) is 6.42 Å². The van der Waals surface area contributed by atoms with Gasteiger partial charge in [0, 0.05) is 0 Å². The van der Waals surface area contributed by atoms with Crippen molar-refractivity contribution >= 4 is 28.0 Å². The molecular weight excluding hydrogens is 262 g/mol. The molecular formula is C6H9NO9S. The summed E-state index contributed by atoms with van der Waals surface area (Å²) in [5, 5.41) is 26.6. The van der Waals surface area contributed by atoms with Crippen LogP contribution in [0, 0.1) is 0 Å². The number of carboxylic acids is 2. The molecule has 0 rings (SSSR count). The molecule has 1 amide bonds. The fourth-order valence-corrected chi connectivity index (χ4v) is 1.69. The molecule has 0 aromatic carbocycles. The zero-order valence-electron chi connectivity index (χ0n) is 8.15. The van der Waals surface area contributed by atoms with Crippen molar-refractivity contribution in [2.24, 2.45) is 0 Å². The summed E-state index contributed by atoms with van der Waals surface area (Å²) >= 11 is 0. The van der Waals surface area contributed by atoms with Gasteiger partial charge in [-0.3, -0.25) is 14.1 Å². The largest absolute Gasteiger partial charge is 0.481 e. The van der Waals surface area contributed by atoms with E-state index in [4.69, 9.17) is 19.9 Å². The Balaban J connectivity index is 5.66. The Labute approximate surface area is 94.6 Å². The summed E-state index contributed by atoms with van der Waals surface area (Å²) in [6.07, 6.45) is -1.60. The molecule has 0 spiro atoms. The number of rotatable bonds is 6. The molecule has 0 saturated carbocycles. The molecule has 0 aromatic rings. The van der Waals surface area contributed by atoms with E-state index in [2.05, 4.69) is 0 Å². The molecule has 0 saturated heterocycles. The van der Waals surface area contributed by atoms with Gasteiger partial charge in [-0.1, -0.05) is 0 Å². The fraction of sp³-hybridized carbons (Fsp3) is 0.500. The van der Waals surface area contributed by atoms with Crippen LogP contribution >= 0.6 is 0 Å². The second-order valence-corrected chi connectivity index (χ2v) is 4.53. The average molecular weight is 271 g/mol. The van der Waals surface area contributed by atoms with Gasteiger partial charge in [-0.2, -0.15) is 8.42 Å². The van der Waals surface area contributed by atoms with Gasteiger partial charge in [0.05, 0.1) is 6.42 Å². The van der Waals surface area contributed by atoms with Crippen molar-refractivity contribution in [2.75, 3.05) is 6.61 Å². The minimum Gasteiger partial charge on any atom is -0.481 e. The van der Waals surface area contributed by atoms with E-state index in [1.807, 2.05) is 0 Å². The van der Waals surface area contributed by atoms with Gasteiger partial charge in [-0.25, -0.2) is 4.79 Å². The van der Waals surface area contributed by atoms with Crippen molar-refractivity contribution in [3.63, 3.8) is 0 Å². The van der Waals surface area contributed by atoms with E-state index in [0.717, 1.165) is 0 Å². The van der Waals surface area contributed by atoms with E-state index in [-0.39, 0.29) is 0 Å². The number of aliphatic carboxylic acids is 2. The minimum atomic E-state index is -5.45. The summed E-state index contributed by atoms with van der Waals surface area (Å²) in [6, 6.07) is 0. The number of aliphatic hydroxyl groups excluding tert-OH is 1. The Kier molecular flexibility index (Phi) is 4.56. The van der Waals surface area contributed by atoms with E-state index in [1.54, 1.807) is 0 Å². The molecule has 11 heteroatoms. The average Bonchev–Trinajstić information content (AvgIpc) is 2.13. The molecule has 0 aliphatic carbocycles. The van der Waals surface area contributed by atoms with Crippen molar-refractivity contribution < 1.29 is 42.7 Å². The van der Waals surface area contributed by atoms with E-state index in [1.165, 1.54) is 5.32 Å². The molecule has 17 heavy (non-hydrogen) atoms. The van der Waals surface area contributed by atoms with E-state index in [0.29, 0.717) is 0 Å². The molecule has 1 atom stereocenters. The Morgan fingerprint density at radius 1 is 1.18 bits per heavy atom. The van der Waals surface area contributed by atoms with Crippen molar-refractivity contribution in [3.8, 4) is 0 Å². The Morgan fingerprint density at radius 3 is 1.88 bits per heavy atom. The highest BCUT2D eigenvalue weighted by atomic mass is 32.2. The molecule has 0 bridgehead atoms. The number of aliphatic hydroxyl groups is 1. The molecule has 0 fully saturated rings. The molecule has 0 aliphatic rings. The topological polar surface area (TPSA) is 178 Å². The maximum absolute atomic E-state index is 10.9. The van der Waals surface area contributed by atoms with Gasteiger partial charge in [0.2, 0.25) is 5.91 Å². The zero-order valence-corrected chi connectivity index (χ0v) is 8.97. The minimum absolute atomic E-state index is 1.24. The van der Waals surface area contributed by atoms with Gasteiger partial charge in [-0.15, -0.1) is 0 Å². The molecule has 5 N–H and O–H groups in total. The van der Waals surface area contributed by atoms with Gasteiger partial charge in [0.15, 0.2) is 0 Å². The molecule has 0 aromatic heterocycles. The third-order valence-electron chi connectivity index (χ3n) is 1.67. The van der Waals surface area contributed by atoms with Gasteiger partial charge in [0.1, 0.15) is 6.61 Å². The summed E-state index contributed by atoms with van der Waals surface area (Å²) in [6.45, 7) is -1.27. The highest BCUT2D eigenvalue weighted by molar-refractivity contribution is 7.88. The smallest absolute Gasteiger partial charge is 0.348 e. The van der Waals surface area contributed by atoms with Crippen LogP contribution in [0.2, 0.25) is 0 Å². The third-order valence-corrected chi connectivity index (χ3v) is 2.97. The molecule has 98 valence electrons. The Hall–Kier alpha value is -1.72. The molecule has 0 aliphatic heterocycles. The van der Waals surface area contributed by atoms with Crippen LogP contribution in [0.15, 0.2) is 0 Å². The maximum Gasteiger partial charge on any atom is 0.348 e. The number of carbonyl (C=O) groups excluding carboxylic acids is 1. The Bertz CT molecular complexity index is 440. The zero-order chi connectivity index (χ0) is 13.9. The summed E-state index contributed by atoms with van der Waals surface area (Å²) in [4.78, 5) is 28.5. The fourth-order valence-electron chi connectivity index (χ4n) is 0.917. The van der Waals surface area contributed by atoms with Crippen molar-refractivity contribution in [1.29, 1.82) is 0 Å². The number of amides is 1. The third kappa shape index (κ3) is 3.37. The predicted octanol–water partition coefficient (Wildman–Crippen LogP) is -2.76. The van der Waals surface area contributed by atoms with Crippen molar-refractivity contribution in [2.45, 2.75) is 11.3 Å². The number of hydrogen-bond acceptors (Lipinski definition) is 6. The lowest BCUT2D eigenvalue weighted by Crippen LogP contribution is -2.61. The first kappa shape index (κ1) is 15.3. The summed E-state index contributed by atoms with van der Waals surface area (Å²) < 4.78 is 30.5. The number of nitrogens with one attached hydrogen (secondary N) is 1. The number of carboxylic acid groups (broad SMARTS) is 2. The van der Waals surface area contributed by atoms with E-state index < -0.39 is 45.9 Å². The van der Waals surface area contributed by atoms with Gasteiger partial charge < -0.3 is 20.6 Å². The quantitative estimate of drug-likeness (QED) is 0.320. The number of carbonyl (C=O) groups is 3. The highest BCUT2D eigenvalue weighted by Gasteiger charge is 2.54. The first-order chi connectivity index (χ1) is 7.56. The first-order valence-electron chi connectivity index (χ1n) is 3.91. The Morgan fingerprint density at radius 2 is 1.65 bits per heavy atom. The lowest BCUT2D eigenvalue weighted by atomic mass is 10.2. The standard InChI is InChI=1S/C6H9NO9S/c8-2-3(9)7-6(5(12)13,1-4(10)11)17(14,15)16/h8H,1-2H2,(H,7,9)(H,10,11)(H,12,13)(H,14,15,16). The lowest BCUT2D eigenvalue weighted by molar-refractivity contribution is -0.149. The van der Waals surface area contributed by atoms with Crippen LogP contribution in [0.3, 0.4) is 0 Å². The molecule has 0 radical (unpaired) electrons. The van der Waals surface area contributed by atoms with Crippen LogP contribution in [0.4, 0.5) is 0 Å². The van der Waals surface area contributed by atoms with Gasteiger partial charge in [0.25, 0.3) is 4.87 Å². The van der Waals surface area contributed by atoms with Crippen LogP contribution in [-0.4, -0.2) is 57.6 Å². The maximum atomic E-state index is 10.9. The molecule has 10 nitrogen and oxygen atoms in total. The molecule has 0 heterocycles. The normalized spacial score (nSPS) is 14.7. The van der Waals surface area contributed by atoms with E-state index >= 15 is 0 Å². The van der Waals surface area contributed by atoms with Gasteiger partial charge in [-0.05, 0) is 0 Å². The van der Waals surface area contributed by atoms with Crippen LogP contribution in [-0.2, 0) is 24.5 Å². The first-order valence-corrected chi connectivity index (χ1v) is 5.35. The summed E-state index contributed by atoms with van der Waals surface area (Å²) in [5.41, 5.74) is 0. The number of hydrogen-bond donors (Lipinski definition) is 5. The lowest BCUT2D eigenvalue weighted by Gasteiger charge is -2.25. The summed E-state index contributed by atoms with van der Waals surface area (Å²) in [5.74, 6) is -5.64. The van der Waals surface area contributed by atoms with Crippen LogP contribution in [0.5, 0.6) is 0 Å². The monoisotopic (exact) mass is 271 g/mol. The second-order valence-electron chi connectivity index (χ2n) is 2.88. The second kappa shape index (κ2) is 5.07. The van der Waals surface area contributed by atoms with Crippen LogP contribution in [0.25, 0.3) is 0 Å². The van der Waals surface area contributed by atoms with E-state index in [9.17, 15) is 22.8 Å². The highest BCUT2D eigenvalue weighted by Crippen LogP contribution is 2.18. The van der Waals surface area contributed by atoms with Gasteiger partial charge >= 0.3 is 22.1 Å². The summed E-state index contributed by atoms with van der Waals surface area (Å²) in [7, 11) is -5.45. The molecule has 1 unspecified atom stereocenters. The SMILES string of the molecule is O=C(O)CC(NC(=O)CO)(C(=O)O)S(=O)(=O)O. The van der Waals surface area contributed by atoms with Crippen molar-refractivity contribution in [3.05, 3.63) is 0 Å². The predicted molar refractivity (Wildman–Crippen MR) is 49.4 cm³/mol. The van der Waals surface area contributed by atoms with Crippen LogP contribution < -0.4 is 5.32 Å². The van der Waals surface area contributed by atoms with Crippen molar-refractivity contribution in [1.82, 2.24) is 5.32 Å².